The van der Waals surface area contributed by atoms with E-state index in [0.717, 1.165) is 11.0 Å². The quantitative estimate of drug-likeness (QED) is 0.829. The average molecular weight is 254 g/mol. The van der Waals surface area contributed by atoms with Gasteiger partial charge in [0.1, 0.15) is 0 Å². The van der Waals surface area contributed by atoms with E-state index in [1.165, 1.54) is 5.56 Å². The second kappa shape index (κ2) is 3.61. The number of hydrogen-bond donors (Lipinski definition) is 1. The Morgan fingerprint density at radius 1 is 1.43 bits per heavy atom. The first kappa shape index (κ1) is 9.52. The van der Waals surface area contributed by atoms with Crippen LogP contribution in [0.15, 0.2) is 33.7 Å². The fourth-order valence-corrected chi connectivity index (χ4v) is 1.85. The number of benzene rings is 1. The van der Waals surface area contributed by atoms with Crippen molar-refractivity contribution in [3.8, 4) is 0 Å². The van der Waals surface area contributed by atoms with Gasteiger partial charge in [-0.05, 0) is 17.7 Å². The van der Waals surface area contributed by atoms with Crippen LogP contribution in [-0.2, 0) is 0 Å². The van der Waals surface area contributed by atoms with Gasteiger partial charge in [-0.2, -0.15) is 0 Å². The van der Waals surface area contributed by atoms with Crippen LogP contribution >= 0.6 is 15.9 Å². The molecule has 1 unspecified atom stereocenters. The number of likely N-dealkylation sites (N-methyl/N-ethyl adjacent to an activating group) is 1. The van der Waals surface area contributed by atoms with Crippen molar-refractivity contribution >= 4 is 21.9 Å². The normalized spacial score (nSPS) is 21.1. The summed E-state index contributed by atoms with van der Waals surface area (Å²) in [5.41, 5.74) is 6.95. The highest BCUT2D eigenvalue weighted by Gasteiger charge is 2.23. The molecular formula is C10H12BrN3. The van der Waals surface area contributed by atoms with Crippen molar-refractivity contribution < 1.29 is 0 Å². The molecule has 74 valence electrons. The molecule has 0 aliphatic carbocycles. The summed E-state index contributed by atoms with van der Waals surface area (Å²) < 4.78 is 1.09. The highest BCUT2D eigenvalue weighted by Crippen LogP contribution is 2.24. The predicted molar refractivity (Wildman–Crippen MR) is 61.1 cm³/mol. The molecule has 1 heterocycles. The summed E-state index contributed by atoms with van der Waals surface area (Å²) in [7, 11) is 1.97. The van der Waals surface area contributed by atoms with Crippen LogP contribution in [0.25, 0.3) is 0 Å². The Hall–Kier alpha value is -1.03. The van der Waals surface area contributed by atoms with Crippen molar-refractivity contribution in [2.45, 2.75) is 6.04 Å². The van der Waals surface area contributed by atoms with Crippen LogP contribution in [0.1, 0.15) is 11.6 Å². The SMILES string of the molecule is CN1C(N)=NCC1c1ccc(Br)cc1. The van der Waals surface area contributed by atoms with Gasteiger partial charge >= 0.3 is 0 Å². The maximum absolute atomic E-state index is 5.70. The van der Waals surface area contributed by atoms with E-state index < -0.39 is 0 Å². The fourth-order valence-electron chi connectivity index (χ4n) is 1.59. The Kier molecular flexibility index (Phi) is 2.46. The molecule has 1 aromatic carbocycles. The van der Waals surface area contributed by atoms with Crippen molar-refractivity contribution in [2.75, 3.05) is 13.6 Å². The topological polar surface area (TPSA) is 41.6 Å². The lowest BCUT2D eigenvalue weighted by Gasteiger charge is -2.21. The zero-order valence-corrected chi connectivity index (χ0v) is 9.53. The first-order valence-electron chi connectivity index (χ1n) is 4.46. The van der Waals surface area contributed by atoms with Crippen molar-refractivity contribution in [3.63, 3.8) is 0 Å². The number of hydrogen-bond acceptors (Lipinski definition) is 3. The molecule has 0 saturated heterocycles. The summed E-state index contributed by atoms with van der Waals surface area (Å²) in [5, 5.41) is 0. The minimum Gasteiger partial charge on any atom is -0.370 e. The van der Waals surface area contributed by atoms with E-state index >= 15 is 0 Å². The van der Waals surface area contributed by atoms with Crippen LogP contribution in [0.2, 0.25) is 0 Å². The highest BCUT2D eigenvalue weighted by atomic mass is 79.9. The standard InChI is InChI=1S/C10H12BrN3/c1-14-9(6-13-10(14)12)7-2-4-8(11)5-3-7/h2-5,9H,6H2,1H3,(H2,12,13). The molecule has 0 bridgehead atoms. The molecule has 0 spiro atoms. The molecule has 2 rings (SSSR count). The molecule has 3 nitrogen and oxygen atoms in total. The molecule has 0 aromatic heterocycles. The summed E-state index contributed by atoms with van der Waals surface area (Å²) in [6, 6.07) is 8.57. The Labute approximate surface area is 91.7 Å². The lowest BCUT2D eigenvalue weighted by atomic mass is 10.1. The van der Waals surface area contributed by atoms with Gasteiger partial charge in [-0.3, -0.25) is 4.99 Å². The highest BCUT2D eigenvalue weighted by molar-refractivity contribution is 9.10. The maximum atomic E-state index is 5.70. The third kappa shape index (κ3) is 1.62. The molecule has 0 fully saturated rings. The molecule has 1 aliphatic heterocycles. The Morgan fingerprint density at radius 2 is 2.07 bits per heavy atom. The van der Waals surface area contributed by atoms with Gasteiger partial charge in [-0.25, -0.2) is 0 Å². The zero-order valence-electron chi connectivity index (χ0n) is 7.94. The minimum atomic E-state index is 0.295. The second-order valence-electron chi connectivity index (χ2n) is 3.38. The van der Waals surface area contributed by atoms with Crippen LogP contribution in [0.4, 0.5) is 0 Å². The third-order valence-electron chi connectivity index (χ3n) is 2.51. The molecule has 2 N–H and O–H groups in total. The number of halogens is 1. The van der Waals surface area contributed by atoms with Crippen molar-refractivity contribution in [2.24, 2.45) is 10.7 Å². The van der Waals surface area contributed by atoms with Crippen molar-refractivity contribution in [3.05, 3.63) is 34.3 Å². The minimum absolute atomic E-state index is 0.295. The van der Waals surface area contributed by atoms with E-state index in [1.54, 1.807) is 0 Å². The van der Waals surface area contributed by atoms with Crippen LogP contribution in [-0.4, -0.2) is 24.5 Å². The van der Waals surface area contributed by atoms with E-state index in [1.807, 2.05) is 24.1 Å². The van der Waals surface area contributed by atoms with Crippen molar-refractivity contribution in [1.82, 2.24) is 4.90 Å². The summed E-state index contributed by atoms with van der Waals surface area (Å²) in [6.45, 7) is 0.754. The van der Waals surface area contributed by atoms with Gasteiger partial charge in [0.15, 0.2) is 5.96 Å². The van der Waals surface area contributed by atoms with Gasteiger partial charge < -0.3 is 10.6 Å². The van der Waals surface area contributed by atoms with Gasteiger partial charge in [0.05, 0.1) is 12.6 Å². The lowest BCUT2D eigenvalue weighted by molar-refractivity contribution is 0.414. The Morgan fingerprint density at radius 3 is 2.57 bits per heavy atom. The van der Waals surface area contributed by atoms with E-state index in [0.29, 0.717) is 12.0 Å². The van der Waals surface area contributed by atoms with E-state index in [4.69, 9.17) is 5.73 Å². The first-order valence-corrected chi connectivity index (χ1v) is 5.26. The molecule has 1 atom stereocenters. The van der Waals surface area contributed by atoms with Crippen LogP contribution in [0.3, 0.4) is 0 Å². The van der Waals surface area contributed by atoms with Crippen LogP contribution in [0, 0.1) is 0 Å². The average Bonchev–Trinajstić information content (AvgIpc) is 2.50. The second-order valence-corrected chi connectivity index (χ2v) is 4.29. The maximum Gasteiger partial charge on any atom is 0.191 e. The van der Waals surface area contributed by atoms with E-state index in [2.05, 4.69) is 33.1 Å². The van der Waals surface area contributed by atoms with E-state index in [-0.39, 0.29) is 0 Å². The van der Waals surface area contributed by atoms with Gasteiger partial charge in [0.25, 0.3) is 0 Å². The number of rotatable bonds is 1. The fraction of sp³-hybridized carbons (Fsp3) is 0.300. The smallest absolute Gasteiger partial charge is 0.191 e. The summed E-state index contributed by atoms with van der Waals surface area (Å²) in [6.07, 6.45) is 0. The molecule has 1 aliphatic rings. The third-order valence-corrected chi connectivity index (χ3v) is 3.04. The summed E-state index contributed by atoms with van der Waals surface area (Å²) in [4.78, 5) is 6.21. The molecule has 0 radical (unpaired) electrons. The molecule has 0 saturated carbocycles. The number of nitrogens with zero attached hydrogens (tertiary/aromatic N) is 2. The molecule has 1 aromatic rings. The van der Waals surface area contributed by atoms with Crippen LogP contribution < -0.4 is 5.73 Å². The van der Waals surface area contributed by atoms with Crippen molar-refractivity contribution in [1.29, 1.82) is 0 Å². The Balaban J connectivity index is 2.22. The lowest BCUT2D eigenvalue weighted by Crippen LogP contribution is -2.32. The summed E-state index contributed by atoms with van der Waals surface area (Å²) >= 11 is 3.41. The Bertz CT molecular complexity index is 358. The number of aliphatic imine (C=N–C) groups is 1. The largest absolute Gasteiger partial charge is 0.370 e. The van der Waals surface area contributed by atoms with Gasteiger partial charge in [0.2, 0.25) is 0 Å². The van der Waals surface area contributed by atoms with Gasteiger partial charge in [0, 0.05) is 11.5 Å². The predicted octanol–water partition coefficient (Wildman–Crippen LogP) is 1.75. The molecule has 0 amide bonds. The zero-order chi connectivity index (χ0) is 10.1. The monoisotopic (exact) mass is 253 g/mol. The molecular weight excluding hydrogens is 242 g/mol. The van der Waals surface area contributed by atoms with E-state index in [9.17, 15) is 0 Å². The first-order chi connectivity index (χ1) is 6.68. The molecule has 14 heavy (non-hydrogen) atoms. The summed E-state index contributed by atoms with van der Waals surface area (Å²) in [5.74, 6) is 0.623. The van der Waals surface area contributed by atoms with Gasteiger partial charge in [-0.1, -0.05) is 28.1 Å². The number of guanidine groups is 1. The van der Waals surface area contributed by atoms with Gasteiger partial charge in [-0.15, -0.1) is 0 Å². The number of nitrogens with two attached hydrogens (primary N) is 1. The van der Waals surface area contributed by atoms with Crippen LogP contribution in [0.5, 0.6) is 0 Å². The molecule has 4 heteroatoms.